The predicted molar refractivity (Wildman–Crippen MR) is 88.0 cm³/mol. The second-order valence-corrected chi connectivity index (χ2v) is 6.03. The van der Waals surface area contributed by atoms with Crippen LogP contribution in [0, 0.1) is 0 Å². The van der Waals surface area contributed by atoms with Crippen molar-refractivity contribution in [1.29, 1.82) is 0 Å². The van der Waals surface area contributed by atoms with Gasteiger partial charge >= 0.3 is 0 Å². The highest BCUT2D eigenvalue weighted by atomic mass is 15.3. The van der Waals surface area contributed by atoms with E-state index in [4.69, 9.17) is 0 Å². The molecule has 1 atom stereocenters. The normalized spacial score (nSPS) is 20.5. The average molecular weight is 280 g/mol. The topological polar surface area (TPSA) is 6.48 Å². The number of nitrogens with zero attached hydrogens (tertiary/aromatic N) is 2. The fourth-order valence-corrected chi connectivity index (χ4v) is 3.11. The molecule has 2 aromatic carbocycles. The number of hydrogen-bond donors (Lipinski definition) is 0. The van der Waals surface area contributed by atoms with Crippen LogP contribution >= 0.6 is 0 Å². The third-order valence-corrected chi connectivity index (χ3v) is 4.33. The zero-order valence-corrected chi connectivity index (χ0v) is 12.8. The molecule has 1 saturated heterocycles. The van der Waals surface area contributed by atoms with E-state index in [-0.39, 0.29) is 0 Å². The monoisotopic (exact) mass is 280 g/mol. The number of hydrogen-bond acceptors (Lipinski definition) is 2. The Hall–Kier alpha value is -1.64. The molecule has 0 spiro atoms. The van der Waals surface area contributed by atoms with Crippen LogP contribution in [0.25, 0.3) is 0 Å². The molecule has 2 nitrogen and oxygen atoms in total. The highest BCUT2D eigenvalue weighted by Crippen LogP contribution is 2.15. The second-order valence-electron chi connectivity index (χ2n) is 6.03. The van der Waals surface area contributed by atoms with Crippen LogP contribution in [0.3, 0.4) is 0 Å². The molecule has 0 amide bonds. The molecule has 110 valence electrons. The minimum atomic E-state index is 0.614. The summed E-state index contributed by atoms with van der Waals surface area (Å²) in [5.41, 5.74) is 2.84. The van der Waals surface area contributed by atoms with Gasteiger partial charge in [-0.1, -0.05) is 60.7 Å². The van der Waals surface area contributed by atoms with Gasteiger partial charge in [0.2, 0.25) is 0 Å². The fourth-order valence-electron chi connectivity index (χ4n) is 3.11. The van der Waals surface area contributed by atoms with Crippen molar-refractivity contribution in [2.45, 2.75) is 26.1 Å². The van der Waals surface area contributed by atoms with Crippen LogP contribution < -0.4 is 0 Å². The van der Waals surface area contributed by atoms with Crippen molar-refractivity contribution in [3.05, 3.63) is 71.8 Å². The Labute approximate surface area is 128 Å². The Morgan fingerprint density at radius 2 is 1.38 bits per heavy atom. The lowest BCUT2D eigenvalue weighted by Crippen LogP contribution is -2.50. The molecule has 0 aromatic heterocycles. The summed E-state index contributed by atoms with van der Waals surface area (Å²) in [5, 5.41) is 0. The molecule has 0 aliphatic carbocycles. The quantitative estimate of drug-likeness (QED) is 0.847. The zero-order chi connectivity index (χ0) is 14.5. The lowest BCUT2D eigenvalue weighted by molar-refractivity contribution is 0.0733. The maximum atomic E-state index is 2.59. The van der Waals surface area contributed by atoms with E-state index in [9.17, 15) is 0 Å². The van der Waals surface area contributed by atoms with Gasteiger partial charge in [0.15, 0.2) is 0 Å². The first-order valence-corrected chi connectivity index (χ1v) is 7.85. The highest BCUT2D eigenvalue weighted by molar-refractivity contribution is 5.16. The molecule has 1 heterocycles. The minimum Gasteiger partial charge on any atom is -0.296 e. The van der Waals surface area contributed by atoms with Gasteiger partial charge in [0.25, 0.3) is 0 Å². The molecular formula is C19H24N2. The molecular weight excluding hydrogens is 256 g/mol. The average Bonchev–Trinajstić information content (AvgIpc) is 2.52. The van der Waals surface area contributed by atoms with Gasteiger partial charge in [-0.2, -0.15) is 0 Å². The molecule has 1 aliphatic rings. The first-order valence-electron chi connectivity index (χ1n) is 7.85. The summed E-state index contributed by atoms with van der Waals surface area (Å²) in [6.45, 7) is 7.96. The van der Waals surface area contributed by atoms with Crippen molar-refractivity contribution in [3.8, 4) is 0 Å². The van der Waals surface area contributed by atoms with Gasteiger partial charge in [0.05, 0.1) is 0 Å². The molecule has 0 unspecified atom stereocenters. The summed E-state index contributed by atoms with van der Waals surface area (Å²) in [5.74, 6) is 0. The van der Waals surface area contributed by atoms with E-state index >= 15 is 0 Å². The van der Waals surface area contributed by atoms with Crippen LogP contribution in [0.1, 0.15) is 18.1 Å². The van der Waals surface area contributed by atoms with Gasteiger partial charge < -0.3 is 0 Å². The van der Waals surface area contributed by atoms with Crippen LogP contribution in [-0.4, -0.2) is 35.5 Å². The minimum absolute atomic E-state index is 0.614. The summed E-state index contributed by atoms with van der Waals surface area (Å²) >= 11 is 0. The van der Waals surface area contributed by atoms with Crippen LogP contribution in [-0.2, 0) is 13.1 Å². The molecule has 0 bridgehead atoms. The molecule has 21 heavy (non-hydrogen) atoms. The van der Waals surface area contributed by atoms with Gasteiger partial charge in [0.1, 0.15) is 0 Å². The molecule has 0 radical (unpaired) electrons. The Balaban J connectivity index is 1.54. The molecule has 0 N–H and O–H groups in total. The van der Waals surface area contributed by atoms with E-state index in [1.807, 2.05) is 0 Å². The van der Waals surface area contributed by atoms with Crippen molar-refractivity contribution >= 4 is 0 Å². The zero-order valence-electron chi connectivity index (χ0n) is 12.8. The lowest BCUT2D eigenvalue weighted by atomic mass is 10.1. The molecule has 2 heteroatoms. The van der Waals surface area contributed by atoms with E-state index < -0.39 is 0 Å². The van der Waals surface area contributed by atoms with E-state index in [1.165, 1.54) is 11.1 Å². The number of rotatable bonds is 4. The van der Waals surface area contributed by atoms with Crippen LogP contribution in [0.2, 0.25) is 0 Å². The summed E-state index contributed by atoms with van der Waals surface area (Å²) in [4.78, 5) is 5.16. The molecule has 0 saturated carbocycles. The summed E-state index contributed by atoms with van der Waals surface area (Å²) in [6.07, 6.45) is 0. The Bertz CT molecular complexity index is 538. The van der Waals surface area contributed by atoms with Crippen LogP contribution in [0.15, 0.2) is 60.7 Å². The molecule has 2 aromatic rings. The maximum absolute atomic E-state index is 2.59. The van der Waals surface area contributed by atoms with Crippen molar-refractivity contribution in [2.24, 2.45) is 0 Å². The van der Waals surface area contributed by atoms with Crippen molar-refractivity contribution < 1.29 is 0 Å². The van der Waals surface area contributed by atoms with E-state index in [1.54, 1.807) is 0 Å². The van der Waals surface area contributed by atoms with Crippen LogP contribution in [0.5, 0.6) is 0 Å². The van der Waals surface area contributed by atoms with Crippen molar-refractivity contribution in [2.75, 3.05) is 19.6 Å². The van der Waals surface area contributed by atoms with Crippen molar-refractivity contribution in [3.63, 3.8) is 0 Å². The third kappa shape index (κ3) is 3.93. The maximum Gasteiger partial charge on any atom is 0.0237 e. The predicted octanol–water partition coefficient (Wildman–Crippen LogP) is 3.39. The Morgan fingerprint density at radius 1 is 0.810 bits per heavy atom. The standard InChI is InChI=1S/C19H24N2/c1-17-14-20(15-18-8-4-2-5-9-18)12-13-21(17)16-19-10-6-3-7-11-19/h2-11,17H,12-16H2,1H3/t17-/m0/s1. The van der Waals surface area contributed by atoms with Crippen LogP contribution in [0.4, 0.5) is 0 Å². The van der Waals surface area contributed by atoms with Gasteiger partial charge in [-0.15, -0.1) is 0 Å². The summed E-state index contributed by atoms with van der Waals surface area (Å²) in [7, 11) is 0. The highest BCUT2D eigenvalue weighted by Gasteiger charge is 2.23. The molecule has 1 aliphatic heterocycles. The molecule has 1 fully saturated rings. The van der Waals surface area contributed by atoms with Gasteiger partial charge in [-0.3, -0.25) is 9.80 Å². The van der Waals surface area contributed by atoms with Gasteiger partial charge in [0, 0.05) is 38.8 Å². The van der Waals surface area contributed by atoms with E-state index in [0.29, 0.717) is 6.04 Å². The first-order chi connectivity index (χ1) is 10.3. The number of piperazine rings is 1. The fraction of sp³-hybridized carbons (Fsp3) is 0.368. The molecule has 3 rings (SSSR count). The van der Waals surface area contributed by atoms with E-state index in [0.717, 1.165) is 32.7 Å². The Morgan fingerprint density at radius 3 is 1.95 bits per heavy atom. The Kier molecular flexibility index (Phi) is 4.69. The third-order valence-electron chi connectivity index (χ3n) is 4.33. The number of benzene rings is 2. The smallest absolute Gasteiger partial charge is 0.0237 e. The largest absolute Gasteiger partial charge is 0.296 e. The van der Waals surface area contributed by atoms with Crippen molar-refractivity contribution in [1.82, 2.24) is 9.80 Å². The summed E-state index contributed by atoms with van der Waals surface area (Å²) in [6, 6.07) is 22.2. The van der Waals surface area contributed by atoms with E-state index in [2.05, 4.69) is 77.4 Å². The summed E-state index contributed by atoms with van der Waals surface area (Å²) < 4.78 is 0. The SMILES string of the molecule is C[C@H]1CN(Cc2ccccc2)CCN1Cc1ccccc1. The second kappa shape index (κ2) is 6.88. The van der Waals surface area contributed by atoms with Gasteiger partial charge in [-0.25, -0.2) is 0 Å². The lowest BCUT2D eigenvalue weighted by Gasteiger charge is -2.40. The first kappa shape index (κ1) is 14.3. The van der Waals surface area contributed by atoms with Gasteiger partial charge in [-0.05, 0) is 18.1 Å².